The summed E-state index contributed by atoms with van der Waals surface area (Å²) in [6, 6.07) is 8.06. The fraction of sp³-hybridized carbons (Fsp3) is 0.550. The normalized spacial score (nSPS) is 33.4. The lowest BCUT2D eigenvalue weighted by molar-refractivity contribution is -0.140. The van der Waals surface area contributed by atoms with E-state index < -0.39 is 17.2 Å². The van der Waals surface area contributed by atoms with Crippen molar-refractivity contribution in [2.75, 3.05) is 19.6 Å². The molecular formula is C20H24N4O4. The van der Waals surface area contributed by atoms with Gasteiger partial charge in [-0.3, -0.25) is 19.8 Å². The van der Waals surface area contributed by atoms with Crippen LogP contribution in [0.3, 0.4) is 0 Å². The van der Waals surface area contributed by atoms with E-state index in [2.05, 4.69) is 16.0 Å². The van der Waals surface area contributed by atoms with Gasteiger partial charge in [-0.25, -0.2) is 4.79 Å². The second-order valence-corrected chi connectivity index (χ2v) is 8.27. The van der Waals surface area contributed by atoms with Crippen molar-refractivity contribution in [1.29, 1.82) is 0 Å². The van der Waals surface area contributed by atoms with Crippen LogP contribution in [0.15, 0.2) is 24.3 Å². The Labute approximate surface area is 163 Å². The lowest BCUT2D eigenvalue weighted by atomic mass is 9.88. The molecule has 3 amide bonds. The molecule has 148 valence electrons. The van der Waals surface area contributed by atoms with E-state index in [9.17, 15) is 14.4 Å². The minimum atomic E-state index is -0.690. The molecule has 28 heavy (non-hydrogen) atoms. The molecule has 8 heteroatoms. The second kappa shape index (κ2) is 6.20. The molecule has 4 saturated heterocycles. The maximum atomic E-state index is 12.5. The Bertz CT molecular complexity index is 858. The first kappa shape index (κ1) is 17.5. The van der Waals surface area contributed by atoms with Gasteiger partial charge in [0.05, 0.1) is 6.54 Å². The molecule has 3 unspecified atom stereocenters. The van der Waals surface area contributed by atoms with Gasteiger partial charge in [0.15, 0.2) is 0 Å². The predicted molar refractivity (Wildman–Crippen MR) is 99.2 cm³/mol. The van der Waals surface area contributed by atoms with Gasteiger partial charge in [-0.2, -0.15) is 0 Å². The Morgan fingerprint density at radius 2 is 2.04 bits per heavy atom. The molecule has 0 radical (unpaired) electrons. The first-order chi connectivity index (χ1) is 13.5. The molecule has 3 atom stereocenters. The Balaban J connectivity index is 1.22. The highest BCUT2D eigenvalue weighted by atomic mass is 16.6. The number of carbonyl (C=O) groups excluding carboxylic acids is 3. The van der Waals surface area contributed by atoms with Gasteiger partial charge in [0.25, 0.3) is 0 Å². The first-order valence-corrected chi connectivity index (χ1v) is 9.90. The van der Waals surface area contributed by atoms with Gasteiger partial charge in [0, 0.05) is 19.1 Å². The van der Waals surface area contributed by atoms with E-state index in [0.29, 0.717) is 26.1 Å². The number of β-lactam (4-membered cyclic amide) rings is 2. The van der Waals surface area contributed by atoms with Crippen molar-refractivity contribution in [3.8, 4) is 0 Å². The van der Waals surface area contributed by atoms with Crippen LogP contribution in [-0.4, -0.2) is 53.5 Å². The topological polar surface area (TPSA) is 99.8 Å². The van der Waals surface area contributed by atoms with Crippen LogP contribution in [0.5, 0.6) is 0 Å². The summed E-state index contributed by atoms with van der Waals surface area (Å²) in [6.45, 7) is 1.92. The molecule has 4 heterocycles. The van der Waals surface area contributed by atoms with Crippen molar-refractivity contribution in [1.82, 2.24) is 20.9 Å². The Morgan fingerprint density at radius 1 is 1.18 bits per heavy atom. The van der Waals surface area contributed by atoms with E-state index in [1.165, 1.54) is 0 Å². The molecule has 5 rings (SSSR count). The number of carbonyl (C=O) groups is 3. The van der Waals surface area contributed by atoms with Crippen molar-refractivity contribution in [2.45, 2.75) is 49.4 Å². The van der Waals surface area contributed by atoms with Crippen LogP contribution in [0, 0.1) is 0 Å². The zero-order chi connectivity index (χ0) is 19.4. The molecule has 0 aliphatic carbocycles. The second-order valence-electron chi connectivity index (χ2n) is 8.27. The first-order valence-electron chi connectivity index (χ1n) is 9.90. The highest BCUT2D eigenvalue weighted by Crippen LogP contribution is 2.36. The number of ether oxygens (including phenoxy) is 1. The fourth-order valence-electron chi connectivity index (χ4n) is 4.86. The Hall–Kier alpha value is -2.61. The van der Waals surface area contributed by atoms with E-state index in [0.717, 1.165) is 30.4 Å². The molecule has 8 nitrogen and oxygen atoms in total. The number of hydrogen-bond donors (Lipinski definition) is 3. The van der Waals surface area contributed by atoms with Gasteiger partial charge >= 0.3 is 6.09 Å². The Morgan fingerprint density at radius 3 is 2.68 bits per heavy atom. The fourth-order valence-corrected chi connectivity index (χ4v) is 4.86. The van der Waals surface area contributed by atoms with Crippen LogP contribution in [0.1, 0.15) is 42.9 Å². The summed E-state index contributed by atoms with van der Waals surface area (Å²) in [6.07, 6.45) is 2.83. The van der Waals surface area contributed by atoms with Crippen molar-refractivity contribution in [2.24, 2.45) is 0 Å². The van der Waals surface area contributed by atoms with Gasteiger partial charge in [0.1, 0.15) is 17.7 Å². The van der Waals surface area contributed by atoms with E-state index in [4.69, 9.17) is 4.74 Å². The van der Waals surface area contributed by atoms with E-state index in [1.807, 2.05) is 24.3 Å². The molecule has 0 saturated carbocycles. The van der Waals surface area contributed by atoms with Gasteiger partial charge in [-0.1, -0.05) is 24.3 Å². The van der Waals surface area contributed by atoms with Crippen LogP contribution < -0.4 is 16.0 Å². The number of nitrogens with zero attached hydrogens (tertiary/aromatic N) is 1. The lowest BCUT2D eigenvalue weighted by Gasteiger charge is -2.43. The van der Waals surface area contributed by atoms with E-state index >= 15 is 0 Å². The number of benzene rings is 1. The quantitative estimate of drug-likeness (QED) is 0.662. The highest BCUT2D eigenvalue weighted by Gasteiger charge is 2.56. The lowest BCUT2D eigenvalue weighted by Crippen LogP contribution is -2.71. The predicted octanol–water partition coefficient (Wildman–Crippen LogP) is 0.581. The molecule has 2 spiro atoms. The summed E-state index contributed by atoms with van der Waals surface area (Å²) in [5.41, 5.74) is 0.907. The van der Waals surface area contributed by atoms with Crippen molar-refractivity contribution in [3.05, 3.63) is 35.4 Å². The number of hydrogen-bond acceptors (Lipinski definition) is 5. The summed E-state index contributed by atoms with van der Waals surface area (Å²) >= 11 is 0. The minimum Gasteiger partial charge on any atom is -0.445 e. The standard InChI is InChI=1S/C20H24N4O4/c25-16-19(11-21-16)7-5-15(23-19)14-4-1-3-13(9-14)10-28-18(27)24-8-2-6-20(24)12-22-17(20)26/h1,3-4,9,15,23H,2,5-8,10-12H2,(H,21,25)(H,22,26). The number of likely N-dealkylation sites (tertiary alicyclic amines) is 1. The molecule has 1 aromatic carbocycles. The van der Waals surface area contributed by atoms with Gasteiger partial charge < -0.3 is 15.4 Å². The zero-order valence-corrected chi connectivity index (χ0v) is 15.6. The third-order valence-electron chi connectivity index (χ3n) is 6.68. The molecule has 4 aliphatic rings. The maximum Gasteiger partial charge on any atom is 0.411 e. The molecular weight excluding hydrogens is 360 g/mol. The molecule has 4 fully saturated rings. The molecule has 0 bridgehead atoms. The van der Waals surface area contributed by atoms with Crippen molar-refractivity contribution in [3.63, 3.8) is 0 Å². The van der Waals surface area contributed by atoms with Crippen LogP contribution in [-0.2, 0) is 20.9 Å². The summed E-state index contributed by atoms with van der Waals surface area (Å²) in [4.78, 5) is 37.9. The summed E-state index contributed by atoms with van der Waals surface area (Å²) in [5.74, 6) is 0.00451. The number of nitrogens with one attached hydrogen (secondary N) is 3. The average molecular weight is 384 g/mol. The van der Waals surface area contributed by atoms with Crippen molar-refractivity contribution >= 4 is 17.9 Å². The monoisotopic (exact) mass is 384 g/mol. The van der Waals surface area contributed by atoms with Gasteiger partial charge in [-0.15, -0.1) is 0 Å². The van der Waals surface area contributed by atoms with Gasteiger partial charge in [0.2, 0.25) is 11.8 Å². The van der Waals surface area contributed by atoms with Crippen LogP contribution in [0.2, 0.25) is 0 Å². The SMILES string of the molecule is O=C(OCc1cccc(C2CCC3(CNC3=O)N2)c1)N1CCCC12CNC2=O. The number of rotatable bonds is 3. The number of amides is 3. The van der Waals surface area contributed by atoms with Crippen LogP contribution in [0.25, 0.3) is 0 Å². The summed E-state index contributed by atoms with van der Waals surface area (Å²) < 4.78 is 5.52. The summed E-state index contributed by atoms with van der Waals surface area (Å²) in [7, 11) is 0. The largest absolute Gasteiger partial charge is 0.445 e. The van der Waals surface area contributed by atoms with E-state index in [-0.39, 0.29) is 24.5 Å². The summed E-state index contributed by atoms with van der Waals surface area (Å²) in [5, 5.41) is 9.01. The third kappa shape index (κ3) is 2.51. The zero-order valence-electron chi connectivity index (χ0n) is 15.6. The maximum absolute atomic E-state index is 12.5. The molecule has 0 aromatic heterocycles. The average Bonchev–Trinajstić information content (AvgIpc) is 3.37. The van der Waals surface area contributed by atoms with Crippen LogP contribution >= 0.6 is 0 Å². The van der Waals surface area contributed by atoms with Crippen LogP contribution in [0.4, 0.5) is 4.79 Å². The van der Waals surface area contributed by atoms with E-state index in [1.54, 1.807) is 4.90 Å². The molecule has 3 N–H and O–H groups in total. The Kier molecular flexibility index (Phi) is 3.87. The third-order valence-corrected chi connectivity index (χ3v) is 6.68. The van der Waals surface area contributed by atoms with Gasteiger partial charge in [-0.05, 0) is 36.8 Å². The smallest absolute Gasteiger partial charge is 0.411 e. The molecule has 1 aromatic rings. The van der Waals surface area contributed by atoms with Crippen molar-refractivity contribution < 1.29 is 19.1 Å². The molecule has 4 aliphatic heterocycles. The highest BCUT2D eigenvalue weighted by molar-refractivity contribution is 5.96. The minimum absolute atomic E-state index is 0.0785.